The fraction of sp³-hybridized carbons (Fsp3) is 0.667. The van der Waals surface area contributed by atoms with Crippen molar-refractivity contribution in [1.82, 2.24) is 5.32 Å². The lowest BCUT2D eigenvalue weighted by Gasteiger charge is -2.36. The standard InChI is InChI=1S/C18H29BrN2/c1-13(2)20-12-15-8-9-16(19)11-18(15)21(4)17-7-5-6-14(3)10-17/h8-9,11,13-14,17,20H,5-7,10,12H2,1-4H3. The van der Waals surface area contributed by atoms with Crippen molar-refractivity contribution in [1.29, 1.82) is 0 Å². The zero-order valence-electron chi connectivity index (χ0n) is 13.8. The van der Waals surface area contributed by atoms with Gasteiger partial charge in [-0.25, -0.2) is 0 Å². The largest absolute Gasteiger partial charge is 0.371 e. The van der Waals surface area contributed by atoms with Gasteiger partial charge in [-0.1, -0.05) is 55.6 Å². The van der Waals surface area contributed by atoms with Crippen LogP contribution in [0.5, 0.6) is 0 Å². The number of halogens is 1. The van der Waals surface area contributed by atoms with Crippen molar-refractivity contribution in [2.75, 3.05) is 11.9 Å². The first kappa shape index (κ1) is 16.8. The van der Waals surface area contributed by atoms with E-state index in [1.54, 1.807) is 0 Å². The molecule has 2 atom stereocenters. The lowest BCUT2D eigenvalue weighted by molar-refractivity contribution is 0.336. The highest BCUT2D eigenvalue weighted by atomic mass is 79.9. The number of rotatable bonds is 5. The number of nitrogens with one attached hydrogen (secondary N) is 1. The minimum Gasteiger partial charge on any atom is -0.371 e. The molecular weight excluding hydrogens is 324 g/mol. The Morgan fingerprint density at radius 2 is 2.10 bits per heavy atom. The highest BCUT2D eigenvalue weighted by Crippen LogP contribution is 2.32. The molecule has 1 aromatic carbocycles. The molecule has 1 fully saturated rings. The van der Waals surface area contributed by atoms with Gasteiger partial charge in [-0.2, -0.15) is 0 Å². The first-order valence-corrected chi connectivity index (χ1v) is 9.01. The highest BCUT2D eigenvalue weighted by molar-refractivity contribution is 9.10. The van der Waals surface area contributed by atoms with Gasteiger partial charge in [-0.15, -0.1) is 0 Å². The van der Waals surface area contributed by atoms with E-state index in [1.165, 1.54) is 41.4 Å². The maximum absolute atomic E-state index is 3.63. The third-order valence-corrected chi connectivity index (χ3v) is 5.08. The van der Waals surface area contributed by atoms with E-state index in [-0.39, 0.29) is 0 Å². The number of nitrogens with zero attached hydrogens (tertiary/aromatic N) is 1. The molecule has 2 nitrogen and oxygen atoms in total. The maximum atomic E-state index is 3.63. The molecule has 0 aromatic heterocycles. The van der Waals surface area contributed by atoms with E-state index in [0.717, 1.165) is 12.5 Å². The van der Waals surface area contributed by atoms with Crippen LogP contribution in [0.1, 0.15) is 52.0 Å². The van der Waals surface area contributed by atoms with Crippen LogP contribution in [-0.4, -0.2) is 19.1 Å². The van der Waals surface area contributed by atoms with Crippen molar-refractivity contribution in [3.8, 4) is 0 Å². The van der Waals surface area contributed by atoms with Crippen LogP contribution in [0.3, 0.4) is 0 Å². The van der Waals surface area contributed by atoms with Gasteiger partial charge in [0.1, 0.15) is 0 Å². The van der Waals surface area contributed by atoms with Crippen molar-refractivity contribution in [3.63, 3.8) is 0 Å². The average molecular weight is 353 g/mol. The summed E-state index contributed by atoms with van der Waals surface area (Å²) in [6.07, 6.45) is 5.40. The van der Waals surface area contributed by atoms with E-state index in [4.69, 9.17) is 0 Å². The van der Waals surface area contributed by atoms with Crippen LogP contribution in [0.25, 0.3) is 0 Å². The van der Waals surface area contributed by atoms with E-state index in [2.05, 4.69) is 72.2 Å². The highest BCUT2D eigenvalue weighted by Gasteiger charge is 2.24. The van der Waals surface area contributed by atoms with Gasteiger partial charge in [0.15, 0.2) is 0 Å². The molecule has 0 saturated heterocycles. The summed E-state index contributed by atoms with van der Waals surface area (Å²) in [5, 5.41) is 3.55. The fourth-order valence-corrected chi connectivity index (χ4v) is 3.63. The van der Waals surface area contributed by atoms with Gasteiger partial charge in [0.05, 0.1) is 0 Å². The molecule has 3 heteroatoms. The molecule has 1 saturated carbocycles. The molecule has 2 rings (SSSR count). The second kappa shape index (κ2) is 7.64. The van der Waals surface area contributed by atoms with Gasteiger partial charge in [0, 0.05) is 35.8 Å². The minimum absolute atomic E-state index is 0.515. The van der Waals surface area contributed by atoms with Crippen molar-refractivity contribution in [3.05, 3.63) is 28.2 Å². The molecule has 1 aliphatic carbocycles. The Kier molecular flexibility index (Phi) is 6.12. The van der Waals surface area contributed by atoms with Crippen LogP contribution in [0.2, 0.25) is 0 Å². The van der Waals surface area contributed by atoms with Gasteiger partial charge >= 0.3 is 0 Å². The second-order valence-electron chi connectivity index (χ2n) is 6.85. The molecule has 0 bridgehead atoms. The molecule has 0 radical (unpaired) electrons. The van der Waals surface area contributed by atoms with Crippen LogP contribution in [0, 0.1) is 5.92 Å². The summed E-state index contributed by atoms with van der Waals surface area (Å²) in [6.45, 7) is 7.73. The summed E-state index contributed by atoms with van der Waals surface area (Å²) >= 11 is 3.63. The molecule has 1 aliphatic rings. The van der Waals surface area contributed by atoms with Crippen molar-refractivity contribution in [2.24, 2.45) is 5.92 Å². The monoisotopic (exact) mass is 352 g/mol. The number of hydrogen-bond acceptors (Lipinski definition) is 2. The molecule has 1 N–H and O–H groups in total. The number of anilines is 1. The van der Waals surface area contributed by atoms with E-state index >= 15 is 0 Å². The lowest BCUT2D eigenvalue weighted by atomic mass is 9.86. The zero-order chi connectivity index (χ0) is 15.4. The Labute approximate surface area is 138 Å². The molecular formula is C18H29BrN2. The van der Waals surface area contributed by atoms with Gasteiger partial charge < -0.3 is 10.2 Å². The predicted molar refractivity (Wildman–Crippen MR) is 95.9 cm³/mol. The molecule has 118 valence electrons. The van der Waals surface area contributed by atoms with Crippen LogP contribution < -0.4 is 10.2 Å². The number of benzene rings is 1. The zero-order valence-corrected chi connectivity index (χ0v) is 15.4. The van der Waals surface area contributed by atoms with Gasteiger partial charge in [0.2, 0.25) is 0 Å². The third kappa shape index (κ3) is 4.72. The normalized spacial score (nSPS) is 22.6. The quantitative estimate of drug-likeness (QED) is 0.805. The molecule has 21 heavy (non-hydrogen) atoms. The van der Waals surface area contributed by atoms with Crippen molar-refractivity contribution >= 4 is 21.6 Å². The molecule has 0 spiro atoms. The third-order valence-electron chi connectivity index (χ3n) is 4.58. The summed E-state index contributed by atoms with van der Waals surface area (Å²) in [6, 6.07) is 7.87. The first-order valence-electron chi connectivity index (χ1n) is 8.22. The summed E-state index contributed by atoms with van der Waals surface area (Å²) in [4.78, 5) is 2.51. The smallest absolute Gasteiger partial charge is 0.0423 e. The Bertz CT molecular complexity index is 459. The number of hydrogen-bond donors (Lipinski definition) is 1. The summed E-state index contributed by atoms with van der Waals surface area (Å²) in [7, 11) is 2.27. The Hall–Kier alpha value is -0.540. The molecule has 1 aromatic rings. The SMILES string of the molecule is CC1CCCC(N(C)c2cc(Br)ccc2CNC(C)C)C1. The van der Waals surface area contributed by atoms with E-state index in [0.29, 0.717) is 12.1 Å². The van der Waals surface area contributed by atoms with Crippen LogP contribution in [0.15, 0.2) is 22.7 Å². The summed E-state index contributed by atoms with van der Waals surface area (Å²) in [5.74, 6) is 0.857. The van der Waals surface area contributed by atoms with Crippen molar-refractivity contribution < 1.29 is 0 Å². The first-order chi connectivity index (χ1) is 9.97. The Balaban J connectivity index is 2.17. The lowest BCUT2D eigenvalue weighted by Crippen LogP contribution is -2.36. The van der Waals surface area contributed by atoms with Crippen LogP contribution in [-0.2, 0) is 6.54 Å². The summed E-state index contributed by atoms with van der Waals surface area (Å²) < 4.78 is 1.17. The van der Waals surface area contributed by atoms with Gasteiger partial charge in [-0.3, -0.25) is 0 Å². The van der Waals surface area contributed by atoms with Gasteiger partial charge in [-0.05, 0) is 36.5 Å². The predicted octanol–water partition coefficient (Wildman–Crippen LogP) is 4.96. The van der Waals surface area contributed by atoms with E-state index < -0.39 is 0 Å². The molecule has 0 heterocycles. The average Bonchev–Trinajstić information content (AvgIpc) is 2.45. The van der Waals surface area contributed by atoms with Crippen LogP contribution in [0.4, 0.5) is 5.69 Å². The van der Waals surface area contributed by atoms with E-state index in [9.17, 15) is 0 Å². The Morgan fingerprint density at radius 3 is 2.76 bits per heavy atom. The molecule has 0 amide bonds. The summed E-state index contributed by atoms with van der Waals surface area (Å²) in [5.41, 5.74) is 2.77. The molecule has 0 aliphatic heterocycles. The Morgan fingerprint density at radius 1 is 1.33 bits per heavy atom. The minimum atomic E-state index is 0.515. The molecule has 2 unspecified atom stereocenters. The van der Waals surface area contributed by atoms with Gasteiger partial charge in [0.25, 0.3) is 0 Å². The van der Waals surface area contributed by atoms with E-state index in [1.807, 2.05) is 0 Å². The fourth-order valence-electron chi connectivity index (χ4n) is 3.28. The topological polar surface area (TPSA) is 15.3 Å². The second-order valence-corrected chi connectivity index (χ2v) is 7.76. The maximum Gasteiger partial charge on any atom is 0.0423 e. The van der Waals surface area contributed by atoms with Crippen LogP contribution >= 0.6 is 15.9 Å². The van der Waals surface area contributed by atoms with Crippen molar-refractivity contribution in [2.45, 2.75) is 65.1 Å².